The first-order valence-corrected chi connectivity index (χ1v) is 12.2. The van der Waals surface area contributed by atoms with E-state index < -0.39 is 11.7 Å². The summed E-state index contributed by atoms with van der Waals surface area (Å²) in [6.07, 6.45) is 4.86. The topological polar surface area (TPSA) is 88.4 Å². The molecule has 6 rings (SSSR count). The Morgan fingerprint density at radius 2 is 1.68 bits per heavy atom. The second-order valence-corrected chi connectivity index (χ2v) is 9.33. The average molecular weight is 505 g/mol. The van der Waals surface area contributed by atoms with Crippen LogP contribution in [-0.2, 0) is 6.18 Å². The average Bonchev–Trinajstić information content (AvgIpc) is 3.58. The van der Waals surface area contributed by atoms with Crippen LogP contribution in [0.5, 0.6) is 11.5 Å². The first kappa shape index (κ1) is 23.3. The number of fused-ring (bicyclic) bond motifs is 1. The van der Waals surface area contributed by atoms with Gasteiger partial charge in [-0.15, -0.1) is 10.2 Å². The highest BCUT2D eigenvalue weighted by Crippen LogP contribution is 2.44. The maximum absolute atomic E-state index is 13.2. The molecule has 0 bridgehead atoms. The van der Waals surface area contributed by atoms with E-state index in [2.05, 4.69) is 20.6 Å². The van der Waals surface area contributed by atoms with E-state index >= 15 is 0 Å². The summed E-state index contributed by atoms with van der Waals surface area (Å²) in [4.78, 5) is 9.59. The molecule has 10 heteroatoms. The fraction of sp³-hybridized carbons (Fsp3) is 0.296. The Morgan fingerprint density at radius 1 is 0.892 bits per heavy atom. The Hall–Kier alpha value is -4.08. The van der Waals surface area contributed by atoms with Gasteiger partial charge in [-0.2, -0.15) is 18.4 Å². The zero-order valence-electron chi connectivity index (χ0n) is 19.7. The van der Waals surface area contributed by atoms with Crippen molar-refractivity contribution in [2.75, 3.05) is 0 Å². The number of nitrogens with one attached hydrogen (secondary N) is 1. The number of H-pyrrole nitrogens is 1. The molecule has 2 aromatic carbocycles. The summed E-state index contributed by atoms with van der Waals surface area (Å²) < 4.78 is 45.3. The van der Waals surface area contributed by atoms with Crippen LogP contribution in [0.4, 0.5) is 13.2 Å². The number of benzene rings is 2. The molecule has 3 aliphatic rings. The molecule has 0 spiro atoms. The van der Waals surface area contributed by atoms with Crippen LogP contribution in [0.15, 0.2) is 69.8 Å². The molecule has 2 aliphatic heterocycles. The molecule has 0 amide bonds. The van der Waals surface area contributed by atoms with Gasteiger partial charge in [-0.1, -0.05) is 37.5 Å². The molecule has 1 N–H and O–H groups in total. The lowest BCUT2D eigenvalue weighted by atomic mass is 9.76. The van der Waals surface area contributed by atoms with Crippen LogP contribution in [0.1, 0.15) is 49.1 Å². The molecule has 1 saturated carbocycles. The van der Waals surface area contributed by atoms with Gasteiger partial charge >= 0.3 is 6.18 Å². The van der Waals surface area contributed by atoms with Gasteiger partial charge in [0.25, 0.3) is 0 Å². The minimum absolute atomic E-state index is 0.126. The number of aromatic nitrogens is 4. The molecule has 0 radical (unpaired) electrons. The largest absolute Gasteiger partial charge is 0.457 e. The number of hydrogen-bond acceptors (Lipinski definition) is 6. The van der Waals surface area contributed by atoms with Crippen LogP contribution in [0.2, 0.25) is 0 Å². The van der Waals surface area contributed by atoms with E-state index in [1.54, 1.807) is 12.3 Å². The first-order chi connectivity index (χ1) is 18.0. The number of ether oxygens (including phenoxy) is 1. The number of alkyl halides is 3. The van der Waals surface area contributed by atoms with E-state index in [-0.39, 0.29) is 11.8 Å². The van der Waals surface area contributed by atoms with Crippen molar-refractivity contribution in [3.8, 4) is 11.5 Å². The Morgan fingerprint density at radius 3 is 2.43 bits per heavy atom. The fourth-order valence-electron chi connectivity index (χ4n) is 5.30. The molecule has 188 valence electrons. The molecule has 1 fully saturated rings. The number of allylic oxidation sites excluding steroid dienone is 2. The summed E-state index contributed by atoms with van der Waals surface area (Å²) in [6.45, 7) is 0. The smallest absolute Gasteiger partial charge is 0.416 e. The minimum atomic E-state index is -4.44. The second-order valence-electron chi connectivity index (χ2n) is 9.33. The van der Waals surface area contributed by atoms with E-state index in [0.717, 1.165) is 60.2 Å². The predicted octanol–water partition coefficient (Wildman–Crippen LogP) is 6.29. The van der Waals surface area contributed by atoms with Gasteiger partial charge in [0.05, 0.1) is 16.8 Å². The third-order valence-electron chi connectivity index (χ3n) is 7.00. The Kier molecular flexibility index (Phi) is 5.94. The van der Waals surface area contributed by atoms with E-state index in [1.807, 2.05) is 24.4 Å². The molecular weight excluding hydrogens is 481 g/mol. The molecule has 0 saturated heterocycles. The number of hydrogen-bond donors (Lipinski definition) is 1. The van der Waals surface area contributed by atoms with Gasteiger partial charge in [0.1, 0.15) is 17.5 Å². The van der Waals surface area contributed by atoms with Crippen molar-refractivity contribution >= 4 is 23.6 Å². The SMILES string of the molecule is FC(F)(F)c1cccc(Oc2cccc(C3=C(C4CCCCC4)C4N=CC(c5nn[nH]n5)=C4N=C3)c2)c1. The van der Waals surface area contributed by atoms with E-state index in [9.17, 15) is 13.2 Å². The van der Waals surface area contributed by atoms with Crippen LogP contribution >= 0.6 is 0 Å². The number of rotatable bonds is 5. The summed E-state index contributed by atoms with van der Waals surface area (Å²) in [5.74, 6) is 1.39. The van der Waals surface area contributed by atoms with Crippen molar-refractivity contribution in [1.82, 2.24) is 20.6 Å². The number of aromatic amines is 1. The van der Waals surface area contributed by atoms with Crippen LogP contribution in [0.3, 0.4) is 0 Å². The van der Waals surface area contributed by atoms with Crippen molar-refractivity contribution in [3.63, 3.8) is 0 Å². The molecule has 1 aromatic heterocycles. The van der Waals surface area contributed by atoms with Crippen LogP contribution in [0.25, 0.3) is 11.1 Å². The zero-order valence-corrected chi connectivity index (χ0v) is 19.7. The van der Waals surface area contributed by atoms with Crippen molar-refractivity contribution < 1.29 is 17.9 Å². The molecule has 1 atom stereocenters. The highest BCUT2D eigenvalue weighted by atomic mass is 19.4. The second kappa shape index (κ2) is 9.42. The van der Waals surface area contributed by atoms with Crippen molar-refractivity contribution in [2.24, 2.45) is 15.9 Å². The standard InChI is InChI=1S/C27H23F3N6O/c28-27(29,30)18-9-5-11-20(13-18)37-19-10-4-8-17(12-19)21-14-31-24-22(26-33-35-36-34-26)15-32-25(24)23(21)16-6-2-1-3-7-16/h4-5,8-16,25H,1-3,6-7H2,(H,33,34,35,36). The van der Waals surface area contributed by atoms with Gasteiger partial charge in [-0.25, -0.2) is 0 Å². The van der Waals surface area contributed by atoms with Gasteiger partial charge < -0.3 is 4.74 Å². The normalized spacial score (nSPS) is 20.0. The number of halogens is 3. The molecule has 1 aliphatic carbocycles. The monoisotopic (exact) mass is 504 g/mol. The molecular formula is C27H23F3N6O. The van der Waals surface area contributed by atoms with E-state index in [0.29, 0.717) is 17.5 Å². The van der Waals surface area contributed by atoms with Gasteiger partial charge in [0.15, 0.2) is 0 Å². The van der Waals surface area contributed by atoms with Gasteiger partial charge in [-0.3, -0.25) is 9.98 Å². The molecule has 37 heavy (non-hydrogen) atoms. The van der Waals surface area contributed by atoms with E-state index in [1.165, 1.54) is 24.1 Å². The summed E-state index contributed by atoms with van der Waals surface area (Å²) in [6, 6.07) is 12.0. The highest BCUT2D eigenvalue weighted by molar-refractivity contribution is 6.18. The Balaban J connectivity index is 1.38. The lowest BCUT2D eigenvalue weighted by molar-refractivity contribution is -0.137. The van der Waals surface area contributed by atoms with Gasteiger partial charge in [-0.05, 0) is 65.4 Å². The maximum atomic E-state index is 13.2. The van der Waals surface area contributed by atoms with Crippen LogP contribution < -0.4 is 4.74 Å². The number of nitrogens with zero attached hydrogens (tertiary/aromatic N) is 5. The van der Waals surface area contributed by atoms with Crippen molar-refractivity contribution in [3.05, 3.63) is 76.8 Å². The lowest BCUT2D eigenvalue weighted by Crippen LogP contribution is -2.24. The maximum Gasteiger partial charge on any atom is 0.416 e. The quantitative estimate of drug-likeness (QED) is 0.442. The lowest BCUT2D eigenvalue weighted by Gasteiger charge is -2.31. The van der Waals surface area contributed by atoms with Crippen molar-refractivity contribution in [2.45, 2.75) is 44.3 Å². The summed E-state index contributed by atoms with van der Waals surface area (Å²) >= 11 is 0. The minimum Gasteiger partial charge on any atom is -0.457 e. The molecule has 3 heterocycles. The summed E-state index contributed by atoms with van der Waals surface area (Å²) in [5.41, 5.74) is 3.87. The summed E-state index contributed by atoms with van der Waals surface area (Å²) in [7, 11) is 0. The predicted molar refractivity (Wildman–Crippen MR) is 133 cm³/mol. The zero-order chi connectivity index (χ0) is 25.4. The van der Waals surface area contributed by atoms with Crippen LogP contribution in [-0.4, -0.2) is 39.1 Å². The fourth-order valence-corrected chi connectivity index (χ4v) is 5.30. The highest BCUT2D eigenvalue weighted by Gasteiger charge is 2.36. The molecule has 3 aromatic rings. The first-order valence-electron chi connectivity index (χ1n) is 12.2. The Bertz CT molecular complexity index is 1430. The molecule has 7 nitrogen and oxygen atoms in total. The van der Waals surface area contributed by atoms with Crippen molar-refractivity contribution in [1.29, 1.82) is 0 Å². The number of tetrazole rings is 1. The third kappa shape index (κ3) is 4.59. The van der Waals surface area contributed by atoms with Gasteiger partial charge in [0, 0.05) is 18.0 Å². The number of dihydropyridines is 1. The summed E-state index contributed by atoms with van der Waals surface area (Å²) in [5, 5.41) is 14.4. The Labute approximate surface area is 210 Å². The van der Waals surface area contributed by atoms with E-state index in [4.69, 9.17) is 14.7 Å². The third-order valence-corrected chi connectivity index (χ3v) is 7.00. The molecule has 1 unspecified atom stereocenters. The van der Waals surface area contributed by atoms with Gasteiger partial charge in [0.2, 0.25) is 5.82 Å². The van der Waals surface area contributed by atoms with Crippen LogP contribution in [0, 0.1) is 5.92 Å². The number of aliphatic imine (C=N–C) groups is 2.